The average molecular weight is 278 g/mol. The van der Waals surface area contributed by atoms with E-state index in [2.05, 4.69) is 10.3 Å². The molecule has 98 valence electrons. The third-order valence-corrected chi connectivity index (χ3v) is 4.19. The average Bonchev–Trinajstić information content (AvgIpc) is 2.38. The summed E-state index contributed by atoms with van der Waals surface area (Å²) >= 11 is 1.24. The number of phenols is 1. The molecule has 0 aromatic heterocycles. The Labute approximate surface area is 112 Å². The number of hydrogen-bond donors (Lipinski definition) is 3. The highest BCUT2D eigenvalue weighted by atomic mass is 32.2. The van der Waals surface area contributed by atoms with Crippen molar-refractivity contribution in [1.82, 2.24) is 0 Å². The van der Waals surface area contributed by atoms with E-state index in [1.54, 1.807) is 6.21 Å². The Kier molecular flexibility index (Phi) is 2.70. The molecule has 3 rings (SSSR count). The molecular weight excluding hydrogens is 268 g/mol. The van der Waals surface area contributed by atoms with Crippen molar-refractivity contribution in [3.05, 3.63) is 17.2 Å². The van der Waals surface area contributed by atoms with E-state index in [9.17, 15) is 19.8 Å². The van der Waals surface area contributed by atoms with Gasteiger partial charge in [-0.1, -0.05) is 0 Å². The molecule has 2 aliphatic rings. The van der Waals surface area contributed by atoms with E-state index in [0.717, 1.165) is 5.56 Å². The van der Waals surface area contributed by atoms with Crippen LogP contribution in [0.5, 0.6) is 5.75 Å². The number of carboxylic acid groups (broad SMARTS) is 1. The highest BCUT2D eigenvalue weighted by Crippen LogP contribution is 2.46. The van der Waals surface area contributed by atoms with E-state index in [-0.39, 0.29) is 17.4 Å². The molecule has 0 fully saturated rings. The second-order valence-electron chi connectivity index (χ2n) is 4.29. The normalized spacial score (nSPS) is 20.4. The molecule has 0 saturated carbocycles. The summed E-state index contributed by atoms with van der Waals surface area (Å²) in [5, 5.41) is 21.8. The minimum atomic E-state index is -1.04. The lowest BCUT2D eigenvalue weighted by molar-refractivity contribution is -0.138. The van der Waals surface area contributed by atoms with Crippen LogP contribution in [-0.2, 0) is 16.0 Å². The summed E-state index contributed by atoms with van der Waals surface area (Å²) in [5.41, 5.74) is 1.61. The van der Waals surface area contributed by atoms with E-state index in [1.807, 2.05) is 0 Å². The number of aliphatic imine (C=N–C) groups is 1. The number of amides is 1. The Morgan fingerprint density at radius 3 is 3.05 bits per heavy atom. The third-order valence-electron chi connectivity index (χ3n) is 3.07. The summed E-state index contributed by atoms with van der Waals surface area (Å²) < 4.78 is 0. The number of thioether (sulfide) groups is 1. The first-order valence-electron chi connectivity index (χ1n) is 5.63. The van der Waals surface area contributed by atoms with Gasteiger partial charge in [-0.2, -0.15) is 0 Å². The zero-order valence-corrected chi connectivity index (χ0v) is 10.5. The molecule has 7 heteroatoms. The standard InChI is InChI=1S/C12H10N2O4S/c15-6-3-5-1-2-13-10(12(17)18)8(5)11-9(6)14-7(16)4-19-11/h2-3,10,15H,1,4H2,(H,14,16)(H,17,18). The maximum atomic E-state index is 11.4. The van der Waals surface area contributed by atoms with Gasteiger partial charge in [0.15, 0.2) is 6.04 Å². The van der Waals surface area contributed by atoms with Crippen LogP contribution in [0.1, 0.15) is 17.2 Å². The fourth-order valence-electron chi connectivity index (χ4n) is 2.28. The van der Waals surface area contributed by atoms with Crippen LogP contribution in [0.3, 0.4) is 0 Å². The van der Waals surface area contributed by atoms with Gasteiger partial charge in [-0.05, 0) is 11.6 Å². The van der Waals surface area contributed by atoms with Crippen molar-refractivity contribution >= 4 is 35.5 Å². The molecule has 1 aromatic rings. The molecule has 1 amide bonds. The Morgan fingerprint density at radius 2 is 2.32 bits per heavy atom. The lowest BCUT2D eigenvalue weighted by Gasteiger charge is -2.26. The molecule has 0 aliphatic carbocycles. The first-order valence-corrected chi connectivity index (χ1v) is 6.62. The van der Waals surface area contributed by atoms with Crippen LogP contribution >= 0.6 is 11.8 Å². The zero-order valence-electron chi connectivity index (χ0n) is 9.71. The Bertz CT molecular complexity index is 627. The van der Waals surface area contributed by atoms with Crippen molar-refractivity contribution in [3.63, 3.8) is 0 Å². The van der Waals surface area contributed by atoms with Crippen LogP contribution in [0.2, 0.25) is 0 Å². The van der Waals surface area contributed by atoms with Crippen molar-refractivity contribution in [1.29, 1.82) is 0 Å². The van der Waals surface area contributed by atoms with Gasteiger partial charge in [0.2, 0.25) is 5.91 Å². The molecular formula is C12H10N2O4S. The summed E-state index contributed by atoms with van der Waals surface area (Å²) in [6.45, 7) is 0. The molecule has 2 aliphatic heterocycles. The number of carbonyl (C=O) groups excluding carboxylic acids is 1. The fraction of sp³-hybridized carbons (Fsp3) is 0.250. The van der Waals surface area contributed by atoms with Gasteiger partial charge in [-0.15, -0.1) is 11.8 Å². The van der Waals surface area contributed by atoms with Crippen molar-refractivity contribution in [2.24, 2.45) is 4.99 Å². The van der Waals surface area contributed by atoms with Crippen molar-refractivity contribution in [3.8, 4) is 5.75 Å². The Hall–Kier alpha value is -2.02. The number of nitrogens with zero attached hydrogens (tertiary/aromatic N) is 1. The van der Waals surface area contributed by atoms with E-state index in [1.165, 1.54) is 17.8 Å². The number of anilines is 1. The second-order valence-corrected chi connectivity index (χ2v) is 5.27. The third kappa shape index (κ3) is 1.86. The number of phenolic OH excluding ortho intramolecular Hbond substituents is 1. The second kappa shape index (κ2) is 4.27. The number of carboxylic acids is 1. The molecule has 1 atom stereocenters. The number of aliphatic carboxylic acids is 1. The number of fused-ring (bicyclic) bond motifs is 3. The summed E-state index contributed by atoms with van der Waals surface area (Å²) in [6, 6.07) is 0.530. The van der Waals surface area contributed by atoms with E-state index >= 15 is 0 Å². The first-order chi connectivity index (χ1) is 9.08. The molecule has 1 unspecified atom stereocenters. The summed E-state index contributed by atoms with van der Waals surface area (Å²) in [5.74, 6) is -1.07. The van der Waals surface area contributed by atoms with Gasteiger partial charge >= 0.3 is 5.97 Å². The molecule has 3 N–H and O–H groups in total. The number of carbonyl (C=O) groups is 2. The largest absolute Gasteiger partial charge is 0.506 e. The fourth-order valence-corrected chi connectivity index (χ4v) is 3.33. The summed E-state index contributed by atoms with van der Waals surface area (Å²) in [7, 11) is 0. The number of benzene rings is 1. The van der Waals surface area contributed by atoms with Crippen LogP contribution < -0.4 is 5.32 Å². The lowest BCUT2D eigenvalue weighted by Crippen LogP contribution is -2.23. The highest BCUT2D eigenvalue weighted by molar-refractivity contribution is 8.00. The predicted molar refractivity (Wildman–Crippen MR) is 70.0 cm³/mol. The zero-order chi connectivity index (χ0) is 13.6. The quantitative estimate of drug-likeness (QED) is 0.670. The molecule has 0 saturated heterocycles. The van der Waals surface area contributed by atoms with Crippen LogP contribution in [0.15, 0.2) is 16.0 Å². The van der Waals surface area contributed by atoms with Gasteiger partial charge in [0.05, 0.1) is 11.4 Å². The smallest absolute Gasteiger partial charge is 0.333 e. The predicted octanol–water partition coefficient (Wildman–Crippen LogP) is 1.19. The SMILES string of the molecule is O=C1CSc2c(c(O)cc3c2C(C(=O)O)N=CC3)N1. The van der Waals surface area contributed by atoms with Crippen molar-refractivity contribution in [2.75, 3.05) is 11.1 Å². The van der Waals surface area contributed by atoms with Crippen LogP contribution in [0, 0.1) is 0 Å². The van der Waals surface area contributed by atoms with Gasteiger partial charge < -0.3 is 15.5 Å². The van der Waals surface area contributed by atoms with Gasteiger partial charge in [0, 0.05) is 23.1 Å². The highest BCUT2D eigenvalue weighted by Gasteiger charge is 2.32. The molecule has 1 aromatic carbocycles. The van der Waals surface area contributed by atoms with Gasteiger partial charge in [-0.3, -0.25) is 9.79 Å². The van der Waals surface area contributed by atoms with E-state index in [0.29, 0.717) is 22.6 Å². The van der Waals surface area contributed by atoms with Gasteiger partial charge in [0.25, 0.3) is 0 Å². The molecule has 0 radical (unpaired) electrons. The molecule has 2 heterocycles. The Balaban J connectivity index is 2.23. The minimum Gasteiger partial charge on any atom is -0.506 e. The number of rotatable bonds is 1. The monoisotopic (exact) mass is 278 g/mol. The number of hydrogen-bond acceptors (Lipinski definition) is 5. The summed E-state index contributed by atoms with van der Waals surface area (Å²) in [4.78, 5) is 27.3. The van der Waals surface area contributed by atoms with Crippen molar-refractivity contribution in [2.45, 2.75) is 17.4 Å². The maximum Gasteiger partial charge on any atom is 0.333 e. The van der Waals surface area contributed by atoms with Crippen LogP contribution in [0.25, 0.3) is 0 Å². The maximum absolute atomic E-state index is 11.4. The van der Waals surface area contributed by atoms with Crippen LogP contribution in [0.4, 0.5) is 5.69 Å². The van der Waals surface area contributed by atoms with E-state index in [4.69, 9.17) is 0 Å². The van der Waals surface area contributed by atoms with Gasteiger partial charge in [0.1, 0.15) is 5.75 Å². The molecule has 0 spiro atoms. The molecule has 0 bridgehead atoms. The van der Waals surface area contributed by atoms with Crippen molar-refractivity contribution < 1.29 is 19.8 Å². The summed E-state index contributed by atoms with van der Waals surface area (Å²) in [6.07, 6.45) is 2.02. The van der Waals surface area contributed by atoms with Gasteiger partial charge in [-0.25, -0.2) is 4.79 Å². The minimum absolute atomic E-state index is 0.0336. The topological polar surface area (TPSA) is 99.0 Å². The van der Waals surface area contributed by atoms with Crippen LogP contribution in [-0.4, -0.2) is 34.1 Å². The van der Waals surface area contributed by atoms with E-state index < -0.39 is 12.0 Å². The Morgan fingerprint density at radius 1 is 1.53 bits per heavy atom. The number of nitrogens with one attached hydrogen (secondary N) is 1. The lowest BCUT2D eigenvalue weighted by atomic mass is 9.94. The number of aromatic hydroxyl groups is 1. The molecule has 19 heavy (non-hydrogen) atoms. The molecule has 6 nitrogen and oxygen atoms in total. The first kappa shape index (κ1) is 12.0.